The van der Waals surface area contributed by atoms with Gasteiger partial charge < -0.3 is 16.2 Å². The molecule has 1 unspecified atom stereocenters. The molecule has 5 N–H and O–H groups in total. The van der Waals surface area contributed by atoms with Gasteiger partial charge in [0.2, 0.25) is 0 Å². The Balaban J connectivity index is 1.52. The number of nitrogens with two attached hydrogens (primary N) is 2. The van der Waals surface area contributed by atoms with Gasteiger partial charge in [0.1, 0.15) is 22.3 Å². The quantitative estimate of drug-likeness (QED) is 0.303. The topological polar surface area (TPSA) is 125 Å². The number of aromatic nitrogens is 4. The number of nitrogen functional groups attached to an aromatic ring is 1. The fraction of sp³-hybridized carbons (Fsp3) is 0.179. The van der Waals surface area contributed by atoms with Gasteiger partial charge in [-0.25, -0.2) is 19.2 Å². The summed E-state index contributed by atoms with van der Waals surface area (Å²) in [5.41, 5.74) is 19.3. The van der Waals surface area contributed by atoms with E-state index in [1.54, 1.807) is 12.5 Å². The highest BCUT2D eigenvalue weighted by Gasteiger charge is 2.34. The molecule has 1 atom stereocenters. The van der Waals surface area contributed by atoms with Crippen molar-refractivity contribution in [2.24, 2.45) is 5.73 Å². The Morgan fingerprint density at radius 2 is 1.81 bits per heavy atom. The molecule has 37 heavy (non-hydrogen) atoms. The number of anilines is 2. The van der Waals surface area contributed by atoms with Crippen molar-refractivity contribution in [3.63, 3.8) is 0 Å². The molecule has 1 aliphatic rings. The van der Waals surface area contributed by atoms with E-state index in [9.17, 15) is 4.21 Å². The number of benzene rings is 2. The van der Waals surface area contributed by atoms with E-state index in [2.05, 4.69) is 34.0 Å². The Morgan fingerprint density at radius 3 is 2.51 bits per heavy atom. The number of rotatable bonds is 6. The Labute approximate surface area is 217 Å². The van der Waals surface area contributed by atoms with Crippen LogP contribution in [-0.4, -0.2) is 30.0 Å². The smallest absolute Gasteiger partial charge is 0.165 e. The van der Waals surface area contributed by atoms with E-state index in [-0.39, 0.29) is 5.54 Å². The third-order valence-electron chi connectivity index (χ3n) is 6.95. The van der Waals surface area contributed by atoms with E-state index in [1.165, 1.54) is 0 Å². The number of nitrogens with zero attached hydrogens (tertiary/aromatic N) is 4. The average Bonchev–Trinajstić information content (AvgIpc) is 3.26. The van der Waals surface area contributed by atoms with Gasteiger partial charge in [0.25, 0.3) is 0 Å². The third kappa shape index (κ3) is 4.26. The molecule has 5 aromatic rings. The van der Waals surface area contributed by atoms with Gasteiger partial charge >= 0.3 is 0 Å². The first kappa shape index (κ1) is 23.3. The summed E-state index contributed by atoms with van der Waals surface area (Å²) in [7, 11) is -1.17. The van der Waals surface area contributed by atoms with Crippen molar-refractivity contribution < 1.29 is 4.21 Å². The van der Waals surface area contributed by atoms with E-state index in [1.807, 2.05) is 53.1 Å². The normalized spacial score (nSPS) is 15.3. The van der Waals surface area contributed by atoms with E-state index >= 15 is 0 Å². The van der Waals surface area contributed by atoms with Crippen molar-refractivity contribution in [2.75, 3.05) is 16.7 Å². The lowest BCUT2D eigenvalue weighted by Crippen LogP contribution is -2.43. The molecular formula is C28H27N7OS. The highest BCUT2D eigenvalue weighted by Crippen LogP contribution is 2.39. The van der Waals surface area contributed by atoms with Crippen LogP contribution in [0.15, 0.2) is 79.0 Å². The lowest BCUT2D eigenvalue weighted by atomic mass is 9.73. The molecule has 0 radical (unpaired) electrons. The van der Waals surface area contributed by atoms with E-state index in [0.29, 0.717) is 17.3 Å². The minimum atomic E-state index is -1.17. The zero-order valence-electron chi connectivity index (χ0n) is 20.4. The lowest BCUT2D eigenvalue weighted by molar-refractivity contribution is 0.253. The van der Waals surface area contributed by atoms with Crippen LogP contribution < -0.4 is 16.2 Å². The molecule has 1 saturated carbocycles. The summed E-state index contributed by atoms with van der Waals surface area (Å²) in [6.07, 6.45) is 6.43. The van der Waals surface area contributed by atoms with Gasteiger partial charge in [0.15, 0.2) is 11.5 Å². The molecule has 3 heterocycles. The molecule has 0 saturated heterocycles. The molecule has 1 fully saturated rings. The fourth-order valence-corrected chi connectivity index (χ4v) is 5.31. The van der Waals surface area contributed by atoms with Crippen LogP contribution in [0.2, 0.25) is 0 Å². The van der Waals surface area contributed by atoms with E-state index in [0.717, 1.165) is 58.5 Å². The first-order chi connectivity index (χ1) is 17.9. The van der Waals surface area contributed by atoms with Crippen LogP contribution in [0.4, 0.5) is 11.5 Å². The fourth-order valence-electron chi connectivity index (χ4n) is 4.85. The number of pyridine rings is 2. The molecule has 0 spiro atoms. The second kappa shape index (κ2) is 9.10. The Bertz CT molecular complexity index is 1640. The molecule has 0 aliphatic heterocycles. The standard InChI is InChI=1S/C28H27N7OS/c1-37(36)34-20-6-2-5-18(17-20)23-12-13-24-27(32-23)35(26(33-24)22-7-3-16-31-25(22)29)21-10-8-19(9-11-21)28(30)14-4-15-28/h2-3,5-13,16-17,34H,4,14-15,30H2,1H3,(H2,29,31). The predicted molar refractivity (Wildman–Crippen MR) is 149 cm³/mol. The molecule has 0 bridgehead atoms. The SMILES string of the molecule is CS(=O)Nc1cccc(-c2ccc3nc(-c4cccnc4N)n(-c4ccc(C5(N)CCC5)cc4)c3n2)c1. The molecular weight excluding hydrogens is 482 g/mol. The van der Waals surface area contributed by atoms with Gasteiger partial charge in [-0.2, -0.15) is 0 Å². The Morgan fingerprint density at radius 1 is 1.00 bits per heavy atom. The lowest BCUT2D eigenvalue weighted by Gasteiger charge is -2.38. The largest absolute Gasteiger partial charge is 0.383 e. The van der Waals surface area contributed by atoms with E-state index in [4.69, 9.17) is 21.4 Å². The molecule has 2 aromatic carbocycles. The summed E-state index contributed by atoms with van der Waals surface area (Å²) in [4.78, 5) is 14.2. The van der Waals surface area contributed by atoms with Gasteiger partial charge in [-0.15, -0.1) is 0 Å². The van der Waals surface area contributed by atoms with E-state index < -0.39 is 11.0 Å². The Hall–Kier alpha value is -4.08. The molecule has 186 valence electrons. The minimum absolute atomic E-state index is 0.237. The highest BCUT2D eigenvalue weighted by molar-refractivity contribution is 7.85. The monoisotopic (exact) mass is 509 g/mol. The van der Waals surface area contributed by atoms with Crippen molar-refractivity contribution in [3.8, 4) is 28.3 Å². The second-order valence-electron chi connectivity index (χ2n) is 9.44. The maximum absolute atomic E-state index is 11.7. The van der Waals surface area contributed by atoms with Crippen molar-refractivity contribution in [3.05, 3.63) is 84.6 Å². The molecule has 1 aliphatic carbocycles. The molecule has 6 rings (SSSR count). The van der Waals surface area contributed by atoms with Crippen molar-refractivity contribution >= 4 is 33.7 Å². The minimum Gasteiger partial charge on any atom is -0.383 e. The maximum Gasteiger partial charge on any atom is 0.165 e. The second-order valence-corrected chi connectivity index (χ2v) is 10.6. The first-order valence-corrected chi connectivity index (χ1v) is 13.7. The van der Waals surface area contributed by atoms with Gasteiger partial charge in [-0.1, -0.05) is 24.3 Å². The van der Waals surface area contributed by atoms with Crippen LogP contribution in [0.3, 0.4) is 0 Å². The average molecular weight is 510 g/mol. The van der Waals surface area contributed by atoms with Crippen LogP contribution >= 0.6 is 0 Å². The zero-order chi connectivity index (χ0) is 25.6. The van der Waals surface area contributed by atoms with Crippen LogP contribution in [0, 0.1) is 0 Å². The van der Waals surface area contributed by atoms with Gasteiger partial charge in [-0.3, -0.25) is 4.57 Å². The molecule has 8 nitrogen and oxygen atoms in total. The van der Waals surface area contributed by atoms with Crippen LogP contribution in [-0.2, 0) is 16.5 Å². The van der Waals surface area contributed by atoms with Crippen molar-refractivity contribution in [2.45, 2.75) is 24.8 Å². The van der Waals surface area contributed by atoms with Gasteiger partial charge in [0, 0.05) is 34.9 Å². The van der Waals surface area contributed by atoms with Crippen LogP contribution in [0.5, 0.6) is 0 Å². The summed E-state index contributed by atoms with van der Waals surface area (Å²) in [6.45, 7) is 0. The molecule has 3 aromatic heterocycles. The first-order valence-electron chi connectivity index (χ1n) is 12.1. The molecule has 9 heteroatoms. The third-order valence-corrected chi connectivity index (χ3v) is 7.47. The van der Waals surface area contributed by atoms with Crippen LogP contribution in [0.1, 0.15) is 24.8 Å². The number of hydrogen-bond acceptors (Lipinski definition) is 6. The summed E-state index contributed by atoms with van der Waals surface area (Å²) < 4.78 is 16.6. The van der Waals surface area contributed by atoms with Gasteiger partial charge in [-0.05, 0) is 73.4 Å². The Kier molecular flexibility index (Phi) is 5.73. The van der Waals surface area contributed by atoms with Crippen molar-refractivity contribution in [1.82, 2.24) is 19.5 Å². The number of nitrogens with one attached hydrogen (secondary N) is 1. The summed E-state index contributed by atoms with van der Waals surface area (Å²) >= 11 is 0. The highest BCUT2D eigenvalue weighted by atomic mass is 32.2. The maximum atomic E-state index is 11.7. The van der Waals surface area contributed by atoms with Crippen LogP contribution in [0.25, 0.3) is 39.5 Å². The van der Waals surface area contributed by atoms with Gasteiger partial charge in [0.05, 0.1) is 11.3 Å². The summed E-state index contributed by atoms with van der Waals surface area (Å²) in [6, 6.07) is 23.7. The number of hydrogen-bond donors (Lipinski definition) is 3. The summed E-state index contributed by atoms with van der Waals surface area (Å²) in [5.74, 6) is 1.07. The predicted octanol–water partition coefficient (Wildman–Crippen LogP) is 4.78. The summed E-state index contributed by atoms with van der Waals surface area (Å²) in [5, 5.41) is 0. The molecule has 0 amide bonds. The number of fused-ring (bicyclic) bond motifs is 1. The van der Waals surface area contributed by atoms with Crippen molar-refractivity contribution in [1.29, 1.82) is 0 Å². The number of imidazole rings is 1. The zero-order valence-corrected chi connectivity index (χ0v) is 21.2.